The van der Waals surface area contributed by atoms with Gasteiger partial charge in [0.1, 0.15) is 4.99 Å². The van der Waals surface area contributed by atoms with Gasteiger partial charge in [-0.1, -0.05) is 36.5 Å². The van der Waals surface area contributed by atoms with Gasteiger partial charge in [-0.25, -0.2) is 13.1 Å². The molecule has 1 heterocycles. The van der Waals surface area contributed by atoms with Crippen molar-refractivity contribution in [2.75, 3.05) is 13.2 Å². The Bertz CT molecular complexity index is 564. The van der Waals surface area contributed by atoms with Crippen molar-refractivity contribution < 1.29 is 13.2 Å². The molecular formula is C13H18N2O3S2. The molecule has 0 radical (unpaired) electrons. The number of thiocarbonyl (C=S) groups is 1. The molecule has 20 heavy (non-hydrogen) atoms. The maximum Gasteiger partial charge on any atom is 0.215 e. The zero-order valence-electron chi connectivity index (χ0n) is 11.0. The molecule has 1 unspecified atom stereocenters. The van der Waals surface area contributed by atoms with E-state index in [1.165, 1.54) is 0 Å². The summed E-state index contributed by atoms with van der Waals surface area (Å²) in [7, 11) is -3.35. The van der Waals surface area contributed by atoms with Crippen LogP contribution in [0.3, 0.4) is 0 Å². The Balaban J connectivity index is 1.91. The smallest absolute Gasteiger partial charge is 0.215 e. The van der Waals surface area contributed by atoms with Crippen molar-refractivity contribution >= 4 is 27.2 Å². The van der Waals surface area contributed by atoms with Crippen molar-refractivity contribution in [3.63, 3.8) is 0 Å². The zero-order chi connectivity index (χ0) is 14.6. The van der Waals surface area contributed by atoms with E-state index in [-0.39, 0.29) is 11.9 Å². The molecule has 1 fully saturated rings. The number of sulfonamides is 1. The van der Waals surface area contributed by atoms with Gasteiger partial charge in [0.15, 0.2) is 0 Å². The van der Waals surface area contributed by atoms with Gasteiger partial charge in [0.2, 0.25) is 10.0 Å². The molecule has 7 heteroatoms. The minimum Gasteiger partial charge on any atom is -0.389 e. The van der Waals surface area contributed by atoms with E-state index in [0.717, 1.165) is 18.4 Å². The SMILES string of the molecule is NC(=S)c1ccc(CS(=O)(=O)NCC2CCCO2)cc1. The molecule has 2 rings (SSSR count). The second kappa shape index (κ2) is 6.62. The van der Waals surface area contributed by atoms with Gasteiger partial charge in [0.25, 0.3) is 0 Å². The monoisotopic (exact) mass is 314 g/mol. The van der Waals surface area contributed by atoms with Crippen LogP contribution in [0.4, 0.5) is 0 Å². The molecule has 1 saturated heterocycles. The summed E-state index contributed by atoms with van der Waals surface area (Å²) < 4.78 is 31.9. The van der Waals surface area contributed by atoms with Gasteiger partial charge >= 0.3 is 0 Å². The molecule has 0 spiro atoms. The van der Waals surface area contributed by atoms with Gasteiger partial charge in [-0.3, -0.25) is 0 Å². The lowest BCUT2D eigenvalue weighted by atomic mass is 10.1. The van der Waals surface area contributed by atoms with Crippen LogP contribution in [0.5, 0.6) is 0 Å². The summed E-state index contributed by atoms with van der Waals surface area (Å²) in [5.74, 6) is -0.0582. The van der Waals surface area contributed by atoms with Crippen LogP contribution >= 0.6 is 12.2 Å². The molecule has 1 aliphatic heterocycles. The lowest BCUT2D eigenvalue weighted by Crippen LogP contribution is -2.32. The predicted molar refractivity (Wildman–Crippen MR) is 81.9 cm³/mol. The van der Waals surface area contributed by atoms with Crippen LogP contribution in [0, 0.1) is 0 Å². The minimum atomic E-state index is -3.35. The Kier molecular flexibility index (Phi) is 5.09. The normalized spacial score (nSPS) is 19.1. The van der Waals surface area contributed by atoms with Gasteiger partial charge in [-0.05, 0) is 18.4 Å². The van der Waals surface area contributed by atoms with Gasteiger partial charge in [-0.15, -0.1) is 0 Å². The van der Waals surface area contributed by atoms with E-state index in [1.807, 2.05) is 0 Å². The van der Waals surface area contributed by atoms with Crippen LogP contribution in [0.2, 0.25) is 0 Å². The molecular weight excluding hydrogens is 296 g/mol. The molecule has 1 aromatic carbocycles. The van der Waals surface area contributed by atoms with Gasteiger partial charge in [0.05, 0.1) is 11.9 Å². The Morgan fingerprint density at radius 2 is 2.10 bits per heavy atom. The quantitative estimate of drug-likeness (QED) is 0.763. The lowest BCUT2D eigenvalue weighted by molar-refractivity contribution is 0.114. The van der Waals surface area contributed by atoms with Gasteiger partial charge in [0, 0.05) is 18.7 Å². The molecule has 1 aromatic rings. The number of ether oxygens (including phenoxy) is 1. The Morgan fingerprint density at radius 1 is 1.40 bits per heavy atom. The molecule has 0 saturated carbocycles. The van der Waals surface area contributed by atoms with E-state index in [0.29, 0.717) is 23.7 Å². The first-order chi connectivity index (χ1) is 9.46. The molecule has 0 amide bonds. The van der Waals surface area contributed by atoms with Crippen LogP contribution in [-0.2, 0) is 20.5 Å². The Morgan fingerprint density at radius 3 is 2.65 bits per heavy atom. The third-order valence-corrected chi connectivity index (χ3v) is 4.71. The van der Waals surface area contributed by atoms with E-state index in [1.54, 1.807) is 24.3 Å². The highest BCUT2D eigenvalue weighted by Gasteiger charge is 2.19. The summed E-state index contributed by atoms with van der Waals surface area (Å²) in [6.45, 7) is 1.06. The standard InChI is InChI=1S/C13H18N2O3S2/c14-13(19)11-5-3-10(4-6-11)9-20(16,17)15-8-12-2-1-7-18-12/h3-6,12,15H,1-2,7-9H2,(H2,14,19). The molecule has 5 nitrogen and oxygen atoms in total. The third kappa shape index (κ3) is 4.52. The second-order valence-electron chi connectivity index (χ2n) is 4.80. The van der Waals surface area contributed by atoms with E-state index in [2.05, 4.69) is 4.72 Å². The number of rotatable bonds is 6. The second-order valence-corrected chi connectivity index (χ2v) is 7.05. The lowest BCUT2D eigenvalue weighted by Gasteiger charge is -2.11. The van der Waals surface area contributed by atoms with E-state index < -0.39 is 10.0 Å². The first-order valence-corrected chi connectivity index (χ1v) is 8.50. The molecule has 3 N–H and O–H groups in total. The average Bonchev–Trinajstić information content (AvgIpc) is 2.90. The molecule has 1 atom stereocenters. The van der Waals surface area contributed by atoms with Crippen LogP contribution in [0.25, 0.3) is 0 Å². The van der Waals surface area contributed by atoms with Gasteiger partial charge in [-0.2, -0.15) is 0 Å². The molecule has 0 aromatic heterocycles. The van der Waals surface area contributed by atoms with Crippen LogP contribution in [0.1, 0.15) is 24.0 Å². The number of benzene rings is 1. The van der Waals surface area contributed by atoms with Crippen molar-refractivity contribution in [3.05, 3.63) is 35.4 Å². The summed E-state index contributed by atoms with van der Waals surface area (Å²) in [5, 5.41) is 0. The Labute approximate surface area is 124 Å². The Hall–Kier alpha value is -1.02. The molecule has 0 bridgehead atoms. The fourth-order valence-corrected chi connectivity index (χ4v) is 3.37. The summed E-state index contributed by atoms with van der Waals surface area (Å²) in [4.78, 5) is 0.302. The molecule has 110 valence electrons. The maximum absolute atomic E-state index is 12.0. The van der Waals surface area contributed by atoms with Crippen molar-refractivity contribution in [2.24, 2.45) is 5.73 Å². The first-order valence-electron chi connectivity index (χ1n) is 6.44. The van der Waals surface area contributed by atoms with E-state index >= 15 is 0 Å². The predicted octanol–water partition coefficient (Wildman–Crippen LogP) is 0.919. The summed E-state index contributed by atoms with van der Waals surface area (Å²) in [6, 6.07) is 6.90. The van der Waals surface area contributed by atoms with Crippen molar-refractivity contribution in [3.8, 4) is 0 Å². The van der Waals surface area contributed by atoms with Crippen molar-refractivity contribution in [2.45, 2.75) is 24.7 Å². The van der Waals surface area contributed by atoms with Gasteiger partial charge < -0.3 is 10.5 Å². The third-order valence-electron chi connectivity index (χ3n) is 3.15. The highest BCUT2D eigenvalue weighted by atomic mass is 32.2. The van der Waals surface area contributed by atoms with E-state index in [4.69, 9.17) is 22.7 Å². The molecule has 1 aliphatic rings. The number of nitrogens with two attached hydrogens (primary N) is 1. The number of hydrogen-bond donors (Lipinski definition) is 2. The highest BCUT2D eigenvalue weighted by Crippen LogP contribution is 2.12. The van der Waals surface area contributed by atoms with E-state index in [9.17, 15) is 8.42 Å². The number of nitrogens with one attached hydrogen (secondary N) is 1. The van der Waals surface area contributed by atoms with Crippen LogP contribution < -0.4 is 10.5 Å². The zero-order valence-corrected chi connectivity index (χ0v) is 12.7. The average molecular weight is 314 g/mol. The summed E-state index contributed by atoms with van der Waals surface area (Å²) in [5.41, 5.74) is 6.92. The minimum absolute atomic E-state index is 0.00163. The highest BCUT2D eigenvalue weighted by molar-refractivity contribution is 7.88. The maximum atomic E-state index is 12.0. The fourth-order valence-electron chi connectivity index (χ4n) is 2.06. The fraction of sp³-hybridized carbons (Fsp3) is 0.462. The van der Waals surface area contributed by atoms with Crippen molar-refractivity contribution in [1.29, 1.82) is 0 Å². The first kappa shape index (κ1) is 15.4. The topological polar surface area (TPSA) is 81.4 Å². The largest absolute Gasteiger partial charge is 0.389 e. The molecule has 0 aliphatic carbocycles. The summed E-state index contributed by atoms with van der Waals surface area (Å²) in [6.07, 6.45) is 1.90. The summed E-state index contributed by atoms with van der Waals surface area (Å²) >= 11 is 4.85. The number of hydrogen-bond acceptors (Lipinski definition) is 4. The van der Waals surface area contributed by atoms with Crippen LogP contribution in [0.15, 0.2) is 24.3 Å². The van der Waals surface area contributed by atoms with Crippen LogP contribution in [-0.4, -0.2) is 32.7 Å². The van der Waals surface area contributed by atoms with Crippen molar-refractivity contribution in [1.82, 2.24) is 4.72 Å².